The van der Waals surface area contributed by atoms with Gasteiger partial charge in [-0.2, -0.15) is 5.10 Å². The van der Waals surface area contributed by atoms with Crippen LogP contribution in [0.4, 0.5) is 11.6 Å². The fourth-order valence-electron chi connectivity index (χ4n) is 4.16. The average Bonchev–Trinajstić information content (AvgIpc) is 3.15. The molecule has 4 aromatic rings. The minimum atomic E-state index is -0.194. The summed E-state index contributed by atoms with van der Waals surface area (Å²) in [6, 6.07) is 11.7. The van der Waals surface area contributed by atoms with E-state index in [4.69, 9.17) is 0 Å². The monoisotopic (exact) mass is 441 g/mol. The van der Waals surface area contributed by atoms with Crippen LogP contribution in [0.2, 0.25) is 0 Å². The molecule has 0 bridgehead atoms. The molecule has 1 amide bonds. The Hall–Kier alpha value is -3.78. The van der Waals surface area contributed by atoms with Gasteiger partial charge in [-0.1, -0.05) is 12.1 Å². The van der Waals surface area contributed by atoms with Gasteiger partial charge in [0.05, 0.1) is 6.20 Å². The van der Waals surface area contributed by atoms with Crippen LogP contribution in [0.1, 0.15) is 16.8 Å². The van der Waals surface area contributed by atoms with Gasteiger partial charge in [-0.25, -0.2) is 9.97 Å². The molecule has 1 N–H and O–H groups in total. The number of aromatic nitrogens is 4. The van der Waals surface area contributed by atoms with E-state index < -0.39 is 0 Å². The molecule has 1 aromatic carbocycles. The number of nitrogens with zero attached hydrogens (tertiary/aromatic N) is 6. The third-order valence-electron chi connectivity index (χ3n) is 6.05. The summed E-state index contributed by atoms with van der Waals surface area (Å²) in [5.74, 6) is 1.16. The van der Waals surface area contributed by atoms with Crippen molar-refractivity contribution in [1.29, 1.82) is 0 Å². The number of hydrogen-bond acceptors (Lipinski definition) is 6. The van der Waals surface area contributed by atoms with Gasteiger partial charge in [0.25, 0.3) is 5.91 Å². The fourth-order valence-corrected chi connectivity index (χ4v) is 4.16. The lowest BCUT2D eigenvalue weighted by Crippen LogP contribution is -2.29. The molecule has 4 heterocycles. The van der Waals surface area contributed by atoms with E-state index in [2.05, 4.69) is 49.4 Å². The summed E-state index contributed by atoms with van der Waals surface area (Å²) >= 11 is 0. The molecule has 0 unspecified atom stereocenters. The minimum Gasteiger partial charge on any atom is -0.355 e. The number of anilines is 2. The molecule has 8 heteroatoms. The molecule has 1 aliphatic heterocycles. The summed E-state index contributed by atoms with van der Waals surface area (Å²) in [6.07, 6.45) is 8.38. The van der Waals surface area contributed by atoms with Crippen LogP contribution in [0, 0.1) is 0 Å². The van der Waals surface area contributed by atoms with Gasteiger partial charge in [0.1, 0.15) is 11.6 Å². The first kappa shape index (κ1) is 21.1. The molecule has 168 valence electrons. The number of hydrogen-bond donors (Lipinski definition) is 1. The Labute approximate surface area is 192 Å². The van der Waals surface area contributed by atoms with Crippen LogP contribution >= 0.6 is 0 Å². The molecular formula is C25H27N7O. The van der Waals surface area contributed by atoms with E-state index in [0.717, 1.165) is 60.3 Å². The van der Waals surface area contributed by atoms with Crippen LogP contribution in [0.25, 0.3) is 21.9 Å². The van der Waals surface area contributed by atoms with Crippen LogP contribution in [-0.2, 0) is 7.05 Å². The van der Waals surface area contributed by atoms with E-state index in [-0.39, 0.29) is 5.91 Å². The molecule has 5 rings (SSSR count). The number of rotatable bonds is 4. The van der Waals surface area contributed by atoms with E-state index in [1.165, 1.54) is 0 Å². The molecule has 0 saturated carbocycles. The second-order valence-corrected chi connectivity index (χ2v) is 8.53. The lowest BCUT2D eigenvalue weighted by molar-refractivity contribution is 0.102. The third kappa shape index (κ3) is 4.70. The number of pyridine rings is 2. The first-order chi connectivity index (χ1) is 16.0. The van der Waals surface area contributed by atoms with E-state index >= 15 is 0 Å². The SMILES string of the molecule is CN1CCCN(c2cc(C(=O)Nc3cc4cc(-c5cnn(C)c5)ccc4cn3)ccn2)CC1. The molecule has 0 radical (unpaired) electrons. The number of likely N-dealkylation sites (N-methyl/N-ethyl adjacent to an activating group) is 1. The van der Waals surface area contributed by atoms with Crippen LogP contribution in [0.5, 0.6) is 0 Å². The zero-order valence-electron chi connectivity index (χ0n) is 18.9. The van der Waals surface area contributed by atoms with Crippen molar-refractivity contribution in [2.24, 2.45) is 7.05 Å². The maximum Gasteiger partial charge on any atom is 0.257 e. The number of nitrogens with one attached hydrogen (secondary N) is 1. The topological polar surface area (TPSA) is 79.2 Å². The summed E-state index contributed by atoms with van der Waals surface area (Å²) in [6.45, 7) is 3.90. The Balaban J connectivity index is 1.35. The maximum atomic E-state index is 13.0. The van der Waals surface area contributed by atoms with Gasteiger partial charge in [0.2, 0.25) is 0 Å². The van der Waals surface area contributed by atoms with Gasteiger partial charge in [0.15, 0.2) is 0 Å². The van der Waals surface area contributed by atoms with E-state index in [1.807, 2.05) is 37.6 Å². The largest absolute Gasteiger partial charge is 0.355 e. The van der Waals surface area contributed by atoms with Crippen molar-refractivity contribution in [2.45, 2.75) is 6.42 Å². The van der Waals surface area contributed by atoms with Crippen LogP contribution < -0.4 is 10.2 Å². The molecule has 0 spiro atoms. The van der Waals surface area contributed by atoms with E-state index in [1.54, 1.807) is 23.1 Å². The number of fused-ring (bicyclic) bond motifs is 1. The van der Waals surface area contributed by atoms with Crippen LogP contribution in [0.15, 0.2) is 61.2 Å². The maximum absolute atomic E-state index is 13.0. The lowest BCUT2D eigenvalue weighted by atomic mass is 10.1. The molecular weight excluding hydrogens is 414 g/mol. The molecule has 1 saturated heterocycles. The number of benzene rings is 1. The van der Waals surface area contributed by atoms with Crippen LogP contribution in [0.3, 0.4) is 0 Å². The van der Waals surface area contributed by atoms with Gasteiger partial charge in [-0.15, -0.1) is 0 Å². The molecule has 0 aliphatic carbocycles. The van der Waals surface area contributed by atoms with Crippen molar-refractivity contribution < 1.29 is 4.79 Å². The standard InChI is InChI=1S/C25H27N7O/c1-30-8-3-9-32(11-10-30)24-14-19(6-7-26-24)25(33)29-23-13-21-12-18(4-5-20(21)15-27-23)22-16-28-31(2)17-22/h4-7,12-17H,3,8-11H2,1-2H3,(H,27,29,33). The average molecular weight is 442 g/mol. The van der Waals surface area contributed by atoms with Gasteiger partial charge in [0, 0.05) is 61.8 Å². The lowest BCUT2D eigenvalue weighted by Gasteiger charge is -2.21. The normalized spacial score (nSPS) is 14.9. The Bertz CT molecular complexity index is 1300. The van der Waals surface area contributed by atoms with Crippen molar-refractivity contribution in [3.05, 3.63) is 66.7 Å². The Morgan fingerprint density at radius 2 is 1.82 bits per heavy atom. The summed E-state index contributed by atoms with van der Waals surface area (Å²) in [5.41, 5.74) is 2.69. The number of aryl methyl sites for hydroxylation is 1. The highest BCUT2D eigenvalue weighted by molar-refractivity contribution is 6.05. The summed E-state index contributed by atoms with van der Waals surface area (Å²) in [7, 11) is 4.04. The second-order valence-electron chi connectivity index (χ2n) is 8.53. The van der Waals surface area contributed by atoms with E-state index in [9.17, 15) is 4.79 Å². The summed E-state index contributed by atoms with van der Waals surface area (Å²) in [4.78, 5) is 26.5. The first-order valence-corrected chi connectivity index (χ1v) is 11.1. The van der Waals surface area contributed by atoms with Crippen molar-refractivity contribution in [2.75, 3.05) is 43.4 Å². The van der Waals surface area contributed by atoms with Crippen molar-refractivity contribution in [3.8, 4) is 11.1 Å². The number of amides is 1. The number of carbonyl (C=O) groups excluding carboxylic acids is 1. The second kappa shape index (κ2) is 8.99. The molecule has 1 aliphatic rings. The van der Waals surface area contributed by atoms with Crippen molar-refractivity contribution in [1.82, 2.24) is 24.6 Å². The Morgan fingerprint density at radius 1 is 0.909 bits per heavy atom. The summed E-state index contributed by atoms with van der Waals surface area (Å²) in [5, 5.41) is 9.21. The van der Waals surface area contributed by atoms with Gasteiger partial charge in [-0.3, -0.25) is 9.48 Å². The molecule has 3 aromatic heterocycles. The molecule has 33 heavy (non-hydrogen) atoms. The Kier molecular flexibility index (Phi) is 5.75. The summed E-state index contributed by atoms with van der Waals surface area (Å²) < 4.78 is 1.78. The van der Waals surface area contributed by atoms with Crippen molar-refractivity contribution in [3.63, 3.8) is 0 Å². The van der Waals surface area contributed by atoms with Crippen molar-refractivity contribution >= 4 is 28.3 Å². The van der Waals surface area contributed by atoms with Gasteiger partial charge in [-0.05, 0) is 55.2 Å². The Morgan fingerprint density at radius 3 is 2.67 bits per heavy atom. The molecule has 8 nitrogen and oxygen atoms in total. The highest BCUT2D eigenvalue weighted by atomic mass is 16.1. The molecule has 0 atom stereocenters. The molecule has 1 fully saturated rings. The van der Waals surface area contributed by atoms with E-state index in [0.29, 0.717) is 11.4 Å². The number of carbonyl (C=O) groups is 1. The highest BCUT2D eigenvalue weighted by Crippen LogP contribution is 2.25. The minimum absolute atomic E-state index is 0.194. The predicted molar refractivity (Wildman–Crippen MR) is 130 cm³/mol. The highest BCUT2D eigenvalue weighted by Gasteiger charge is 2.16. The smallest absolute Gasteiger partial charge is 0.257 e. The first-order valence-electron chi connectivity index (χ1n) is 11.1. The van der Waals surface area contributed by atoms with Crippen LogP contribution in [-0.4, -0.2) is 63.8 Å². The zero-order valence-corrected chi connectivity index (χ0v) is 18.9. The zero-order chi connectivity index (χ0) is 22.8. The quantitative estimate of drug-likeness (QED) is 0.523. The van der Waals surface area contributed by atoms with Gasteiger partial charge < -0.3 is 15.1 Å². The van der Waals surface area contributed by atoms with Gasteiger partial charge >= 0.3 is 0 Å². The third-order valence-corrected chi connectivity index (χ3v) is 6.05. The fraction of sp³-hybridized carbons (Fsp3) is 0.280. The predicted octanol–water partition coefficient (Wildman–Crippen LogP) is 3.42.